The fourth-order valence-corrected chi connectivity index (χ4v) is 1.74. The molecule has 0 aliphatic carbocycles. The third-order valence-corrected chi connectivity index (χ3v) is 2.89. The van der Waals surface area contributed by atoms with Gasteiger partial charge in [0.2, 0.25) is 0 Å². The molecule has 0 saturated heterocycles. The average Bonchev–Trinajstić information content (AvgIpc) is 2.44. The molecule has 0 bridgehead atoms. The van der Waals surface area contributed by atoms with Gasteiger partial charge in [-0.05, 0) is 43.7 Å². The third-order valence-electron chi connectivity index (χ3n) is 2.89. The van der Waals surface area contributed by atoms with Gasteiger partial charge < -0.3 is 10.1 Å². The minimum atomic E-state index is -0.956. The van der Waals surface area contributed by atoms with Gasteiger partial charge in [-0.15, -0.1) is 0 Å². The molecule has 5 heteroatoms. The molecular formula is C16H15F2NO2. The number of anilines is 1. The van der Waals surface area contributed by atoms with E-state index in [9.17, 15) is 13.6 Å². The second kappa shape index (κ2) is 6.35. The van der Waals surface area contributed by atoms with Crippen LogP contribution < -0.4 is 10.1 Å². The van der Waals surface area contributed by atoms with Crippen LogP contribution in [-0.4, -0.2) is 12.0 Å². The molecule has 21 heavy (non-hydrogen) atoms. The molecule has 1 unspecified atom stereocenters. The van der Waals surface area contributed by atoms with Crippen molar-refractivity contribution in [3.63, 3.8) is 0 Å². The van der Waals surface area contributed by atoms with Crippen LogP contribution in [-0.2, 0) is 4.79 Å². The van der Waals surface area contributed by atoms with Crippen LogP contribution in [0.25, 0.3) is 0 Å². The molecule has 0 aliphatic rings. The monoisotopic (exact) mass is 291 g/mol. The lowest BCUT2D eigenvalue weighted by Gasteiger charge is -2.15. The molecule has 2 aromatic carbocycles. The molecule has 0 aliphatic heterocycles. The number of carbonyl (C=O) groups is 1. The molecule has 1 N–H and O–H groups in total. The van der Waals surface area contributed by atoms with Crippen LogP contribution in [0.1, 0.15) is 12.5 Å². The number of amides is 1. The van der Waals surface area contributed by atoms with E-state index in [1.165, 1.54) is 37.3 Å². The Hall–Kier alpha value is -2.43. The van der Waals surface area contributed by atoms with Crippen LogP contribution >= 0.6 is 0 Å². The van der Waals surface area contributed by atoms with Crippen LogP contribution in [0.2, 0.25) is 0 Å². The number of halogens is 2. The number of rotatable bonds is 4. The number of hydrogen-bond donors (Lipinski definition) is 1. The smallest absolute Gasteiger partial charge is 0.265 e. The number of ether oxygens (including phenoxy) is 1. The van der Waals surface area contributed by atoms with E-state index in [2.05, 4.69) is 5.32 Å². The second-order valence-electron chi connectivity index (χ2n) is 4.66. The molecular weight excluding hydrogens is 276 g/mol. The van der Waals surface area contributed by atoms with Gasteiger partial charge in [0.1, 0.15) is 5.82 Å². The van der Waals surface area contributed by atoms with Gasteiger partial charge in [-0.2, -0.15) is 0 Å². The van der Waals surface area contributed by atoms with Gasteiger partial charge in [0.05, 0.1) is 5.69 Å². The summed E-state index contributed by atoms with van der Waals surface area (Å²) in [6.45, 7) is 3.21. The van der Waals surface area contributed by atoms with Crippen molar-refractivity contribution < 1.29 is 18.3 Å². The zero-order valence-corrected chi connectivity index (χ0v) is 11.7. The van der Waals surface area contributed by atoms with Crippen LogP contribution in [0.3, 0.4) is 0 Å². The number of hydrogen-bond acceptors (Lipinski definition) is 2. The van der Waals surface area contributed by atoms with Crippen molar-refractivity contribution in [2.75, 3.05) is 5.32 Å². The van der Waals surface area contributed by atoms with Crippen molar-refractivity contribution >= 4 is 11.6 Å². The van der Waals surface area contributed by atoms with Gasteiger partial charge in [-0.1, -0.05) is 18.2 Å². The fraction of sp³-hybridized carbons (Fsp3) is 0.188. The number of benzene rings is 2. The van der Waals surface area contributed by atoms with E-state index in [0.717, 1.165) is 5.56 Å². The first kappa shape index (κ1) is 15.0. The summed E-state index contributed by atoms with van der Waals surface area (Å²) in [5, 5.41) is 2.42. The molecule has 2 rings (SSSR count). The normalized spacial score (nSPS) is 11.8. The summed E-state index contributed by atoms with van der Waals surface area (Å²) < 4.78 is 32.3. The molecule has 3 nitrogen and oxygen atoms in total. The lowest BCUT2D eigenvalue weighted by molar-refractivity contribution is -0.122. The highest BCUT2D eigenvalue weighted by Gasteiger charge is 2.17. The first-order chi connectivity index (χ1) is 9.97. The summed E-state index contributed by atoms with van der Waals surface area (Å²) in [6, 6.07) is 10.2. The summed E-state index contributed by atoms with van der Waals surface area (Å²) in [7, 11) is 0. The highest BCUT2D eigenvalue weighted by Crippen LogP contribution is 2.19. The van der Waals surface area contributed by atoms with Gasteiger partial charge in [-0.25, -0.2) is 8.78 Å². The van der Waals surface area contributed by atoms with E-state index in [0.29, 0.717) is 0 Å². The molecule has 0 heterocycles. The predicted octanol–water partition coefficient (Wildman–Crippen LogP) is 3.68. The Balaban J connectivity index is 2.04. The summed E-state index contributed by atoms with van der Waals surface area (Å²) in [4.78, 5) is 11.9. The van der Waals surface area contributed by atoms with Gasteiger partial charge in [0, 0.05) is 0 Å². The van der Waals surface area contributed by atoms with Gasteiger partial charge in [0.25, 0.3) is 5.91 Å². The van der Waals surface area contributed by atoms with E-state index >= 15 is 0 Å². The highest BCUT2D eigenvalue weighted by atomic mass is 19.1. The van der Waals surface area contributed by atoms with E-state index in [1.807, 2.05) is 0 Å². The van der Waals surface area contributed by atoms with E-state index < -0.39 is 23.6 Å². The molecule has 0 aromatic heterocycles. The van der Waals surface area contributed by atoms with Crippen molar-refractivity contribution in [2.24, 2.45) is 0 Å². The van der Waals surface area contributed by atoms with Gasteiger partial charge in [0.15, 0.2) is 17.7 Å². The van der Waals surface area contributed by atoms with E-state index in [1.54, 1.807) is 19.1 Å². The summed E-state index contributed by atoms with van der Waals surface area (Å²) in [5.41, 5.74) is 0.815. The number of nitrogens with one attached hydrogen (secondary N) is 1. The van der Waals surface area contributed by atoms with Crippen molar-refractivity contribution in [3.8, 4) is 5.75 Å². The second-order valence-corrected chi connectivity index (χ2v) is 4.66. The maximum Gasteiger partial charge on any atom is 0.265 e. The number of para-hydroxylation sites is 1. The molecule has 2 aromatic rings. The first-order valence-corrected chi connectivity index (χ1v) is 6.45. The lowest BCUT2D eigenvalue weighted by atomic mass is 10.2. The Morgan fingerprint density at radius 1 is 1.14 bits per heavy atom. The van der Waals surface area contributed by atoms with E-state index in [4.69, 9.17) is 4.74 Å². The zero-order chi connectivity index (χ0) is 15.4. The molecule has 0 radical (unpaired) electrons. The SMILES string of the molecule is Cc1ccc(NC(=O)C(C)Oc2ccccc2F)c(F)c1. The summed E-state index contributed by atoms with van der Waals surface area (Å²) in [5.74, 6) is -1.66. The largest absolute Gasteiger partial charge is 0.478 e. The number of aryl methyl sites for hydroxylation is 1. The van der Waals surface area contributed by atoms with Crippen molar-refractivity contribution in [1.29, 1.82) is 0 Å². The van der Waals surface area contributed by atoms with Crippen molar-refractivity contribution in [1.82, 2.24) is 0 Å². The topological polar surface area (TPSA) is 38.3 Å². The quantitative estimate of drug-likeness (QED) is 0.933. The van der Waals surface area contributed by atoms with Crippen LogP contribution in [0, 0.1) is 18.6 Å². The van der Waals surface area contributed by atoms with Crippen molar-refractivity contribution in [2.45, 2.75) is 20.0 Å². The predicted molar refractivity (Wildman–Crippen MR) is 76.3 cm³/mol. The number of carbonyl (C=O) groups excluding carboxylic acids is 1. The molecule has 0 saturated carbocycles. The molecule has 0 spiro atoms. The zero-order valence-electron chi connectivity index (χ0n) is 11.7. The summed E-state index contributed by atoms with van der Waals surface area (Å²) in [6.07, 6.45) is -0.956. The van der Waals surface area contributed by atoms with Crippen LogP contribution in [0.15, 0.2) is 42.5 Å². The summed E-state index contributed by atoms with van der Waals surface area (Å²) >= 11 is 0. The Labute approximate surface area is 121 Å². The fourth-order valence-electron chi connectivity index (χ4n) is 1.74. The molecule has 1 amide bonds. The Kier molecular flexibility index (Phi) is 4.52. The highest BCUT2D eigenvalue weighted by molar-refractivity contribution is 5.94. The molecule has 1 atom stereocenters. The first-order valence-electron chi connectivity index (χ1n) is 6.45. The van der Waals surface area contributed by atoms with Gasteiger partial charge >= 0.3 is 0 Å². The minimum absolute atomic E-state index is 0.0236. The van der Waals surface area contributed by atoms with E-state index in [-0.39, 0.29) is 11.4 Å². The van der Waals surface area contributed by atoms with Gasteiger partial charge in [-0.3, -0.25) is 4.79 Å². The Bertz CT molecular complexity index is 658. The van der Waals surface area contributed by atoms with Crippen LogP contribution in [0.4, 0.5) is 14.5 Å². The Morgan fingerprint density at radius 2 is 1.86 bits per heavy atom. The van der Waals surface area contributed by atoms with Crippen LogP contribution in [0.5, 0.6) is 5.75 Å². The standard InChI is InChI=1S/C16H15F2NO2/c1-10-7-8-14(13(18)9-10)19-16(20)11(2)21-15-6-4-3-5-12(15)17/h3-9,11H,1-2H3,(H,19,20). The van der Waals surface area contributed by atoms with Crippen molar-refractivity contribution in [3.05, 3.63) is 59.7 Å². The maximum absolute atomic E-state index is 13.6. The third kappa shape index (κ3) is 3.78. The molecule has 0 fully saturated rings. The lowest BCUT2D eigenvalue weighted by Crippen LogP contribution is -2.30. The molecule has 110 valence electrons. The minimum Gasteiger partial charge on any atom is -0.478 e. The maximum atomic E-state index is 13.6. The Morgan fingerprint density at radius 3 is 2.52 bits per heavy atom. The average molecular weight is 291 g/mol.